The van der Waals surface area contributed by atoms with Crippen LogP contribution in [0, 0.1) is 0 Å². The summed E-state index contributed by atoms with van der Waals surface area (Å²) in [5.41, 5.74) is 0.992. The van der Waals surface area contributed by atoms with E-state index < -0.39 is 6.10 Å². The highest BCUT2D eigenvalue weighted by Gasteiger charge is 2.15. The van der Waals surface area contributed by atoms with Gasteiger partial charge in [0.05, 0.1) is 20.8 Å². The van der Waals surface area contributed by atoms with Crippen LogP contribution < -0.4 is 19.5 Å². The fraction of sp³-hybridized carbons (Fsp3) is 0.538. The number of methoxy groups -OCH3 is 2. The van der Waals surface area contributed by atoms with E-state index in [1.165, 1.54) is 14.2 Å². The zero-order chi connectivity index (χ0) is 14.3. The quantitative estimate of drug-likeness (QED) is 0.625. The van der Waals surface area contributed by atoms with Gasteiger partial charge in [0.25, 0.3) is 0 Å². The van der Waals surface area contributed by atoms with E-state index in [1.54, 1.807) is 0 Å². The Morgan fingerprint density at radius 2 is 1.79 bits per heavy atom. The third kappa shape index (κ3) is 4.27. The SMILES string of the molecule is CNCc1cc(OC)c(OCC(O)CO)c(OC)c1. The van der Waals surface area contributed by atoms with Crippen molar-refractivity contribution < 1.29 is 24.4 Å². The second kappa shape index (κ2) is 7.83. The van der Waals surface area contributed by atoms with Crippen molar-refractivity contribution in [3.8, 4) is 17.2 Å². The van der Waals surface area contributed by atoms with E-state index in [2.05, 4.69) is 5.32 Å². The Morgan fingerprint density at radius 1 is 1.21 bits per heavy atom. The van der Waals surface area contributed by atoms with Gasteiger partial charge in [0.15, 0.2) is 11.5 Å². The van der Waals surface area contributed by atoms with E-state index >= 15 is 0 Å². The van der Waals surface area contributed by atoms with Crippen molar-refractivity contribution >= 4 is 0 Å². The van der Waals surface area contributed by atoms with Crippen molar-refractivity contribution in [2.24, 2.45) is 0 Å². The third-order valence-corrected chi connectivity index (χ3v) is 2.53. The highest BCUT2D eigenvalue weighted by atomic mass is 16.5. The van der Waals surface area contributed by atoms with Crippen LogP contribution in [0.5, 0.6) is 17.2 Å². The zero-order valence-electron chi connectivity index (χ0n) is 11.5. The Kier molecular flexibility index (Phi) is 6.41. The molecule has 108 valence electrons. The van der Waals surface area contributed by atoms with Crippen LogP contribution in [0.1, 0.15) is 5.56 Å². The average Bonchev–Trinajstić information content (AvgIpc) is 2.44. The Bertz CT molecular complexity index is 372. The van der Waals surface area contributed by atoms with Crippen molar-refractivity contribution in [2.75, 3.05) is 34.5 Å². The molecule has 3 N–H and O–H groups in total. The van der Waals surface area contributed by atoms with Crippen LogP contribution in [0.25, 0.3) is 0 Å². The minimum atomic E-state index is -0.939. The van der Waals surface area contributed by atoms with Gasteiger partial charge in [0.2, 0.25) is 5.75 Å². The molecule has 1 aromatic carbocycles. The number of aliphatic hydroxyl groups excluding tert-OH is 2. The van der Waals surface area contributed by atoms with E-state index in [0.717, 1.165) is 5.56 Å². The van der Waals surface area contributed by atoms with E-state index in [1.807, 2.05) is 19.2 Å². The predicted molar refractivity (Wildman–Crippen MR) is 70.9 cm³/mol. The Morgan fingerprint density at radius 3 is 2.21 bits per heavy atom. The molecule has 0 heterocycles. The molecule has 19 heavy (non-hydrogen) atoms. The summed E-state index contributed by atoms with van der Waals surface area (Å²) in [6, 6.07) is 3.67. The molecule has 0 fully saturated rings. The third-order valence-electron chi connectivity index (χ3n) is 2.53. The molecule has 1 atom stereocenters. The molecule has 0 aliphatic carbocycles. The Balaban J connectivity index is 2.99. The standard InChI is InChI=1S/C13H21NO5/c1-14-6-9-4-11(17-2)13(12(5-9)18-3)19-8-10(16)7-15/h4-5,10,14-16H,6-8H2,1-3H3. The van der Waals surface area contributed by atoms with E-state index in [0.29, 0.717) is 23.8 Å². The first-order valence-corrected chi connectivity index (χ1v) is 5.97. The van der Waals surface area contributed by atoms with Gasteiger partial charge < -0.3 is 29.7 Å². The Hall–Kier alpha value is -1.50. The van der Waals surface area contributed by atoms with Crippen molar-refractivity contribution in [3.05, 3.63) is 17.7 Å². The lowest BCUT2D eigenvalue weighted by Gasteiger charge is -2.17. The fourth-order valence-electron chi connectivity index (χ4n) is 1.61. The molecule has 0 bridgehead atoms. The predicted octanol–water partition coefficient (Wildman–Crippen LogP) is 0.155. The number of hydrogen-bond acceptors (Lipinski definition) is 6. The number of rotatable bonds is 8. The highest BCUT2D eigenvalue weighted by molar-refractivity contribution is 5.53. The summed E-state index contributed by atoms with van der Waals surface area (Å²) in [7, 11) is 4.92. The number of benzene rings is 1. The molecule has 6 heteroatoms. The smallest absolute Gasteiger partial charge is 0.203 e. The Labute approximate surface area is 112 Å². The number of nitrogens with one attached hydrogen (secondary N) is 1. The maximum absolute atomic E-state index is 9.32. The van der Waals surface area contributed by atoms with Crippen molar-refractivity contribution in [1.29, 1.82) is 0 Å². The lowest BCUT2D eigenvalue weighted by Crippen LogP contribution is -2.21. The maximum Gasteiger partial charge on any atom is 0.203 e. The molecular weight excluding hydrogens is 250 g/mol. The first-order valence-electron chi connectivity index (χ1n) is 5.97. The van der Waals surface area contributed by atoms with Crippen LogP contribution in [-0.2, 0) is 6.54 Å². The van der Waals surface area contributed by atoms with Crippen LogP contribution in [0.3, 0.4) is 0 Å². The summed E-state index contributed by atoms with van der Waals surface area (Å²) < 4.78 is 16.0. The molecule has 0 aliphatic rings. The number of ether oxygens (including phenoxy) is 3. The summed E-state index contributed by atoms with van der Waals surface area (Å²) in [5.74, 6) is 1.46. The van der Waals surface area contributed by atoms with Gasteiger partial charge in [-0.15, -0.1) is 0 Å². The topological polar surface area (TPSA) is 80.2 Å². The van der Waals surface area contributed by atoms with Gasteiger partial charge in [-0.2, -0.15) is 0 Å². The summed E-state index contributed by atoms with van der Waals surface area (Å²) in [5, 5.41) is 21.1. The van der Waals surface area contributed by atoms with Crippen LogP contribution in [0.15, 0.2) is 12.1 Å². The van der Waals surface area contributed by atoms with Gasteiger partial charge in [-0.05, 0) is 24.7 Å². The summed E-state index contributed by atoms with van der Waals surface area (Å²) in [4.78, 5) is 0. The second-order valence-corrected chi connectivity index (χ2v) is 4.01. The lowest BCUT2D eigenvalue weighted by molar-refractivity contribution is 0.0518. The molecule has 0 aliphatic heterocycles. The average molecular weight is 271 g/mol. The summed E-state index contributed by atoms with van der Waals surface area (Å²) >= 11 is 0. The molecule has 1 aromatic rings. The first-order chi connectivity index (χ1) is 9.15. The van der Waals surface area contributed by atoms with Crippen LogP contribution in [0.2, 0.25) is 0 Å². The van der Waals surface area contributed by atoms with Gasteiger partial charge in [-0.25, -0.2) is 0 Å². The molecule has 1 unspecified atom stereocenters. The normalized spacial score (nSPS) is 12.1. The molecule has 0 amide bonds. The highest BCUT2D eigenvalue weighted by Crippen LogP contribution is 2.38. The maximum atomic E-state index is 9.32. The minimum Gasteiger partial charge on any atom is -0.493 e. The second-order valence-electron chi connectivity index (χ2n) is 4.01. The van der Waals surface area contributed by atoms with Gasteiger partial charge in [-0.3, -0.25) is 0 Å². The summed E-state index contributed by atoms with van der Waals surface area (Å²) in [6.45, 7) is 0.281. The molecule has 0 saturated heterocycles. The fourth-order valence-corrected chi connectivity index (χ4v) is 1.61. The van der Waals surface area contributed by atoms with Gasteiger partial charge >= 0.3 is 0 Å². The van der Waals surface area contributed by atoms with Gasteiger partial charge in [-0.1, -0.05) is 0 Å². The van der Waals surface area contributed by atoms with Gasteiger partial charge in [0, 0.05) is 6.54 Å². The molecule has 6 nitrogen and oxygen atoms in total. The molecule has 0 spiro atoms. The van der Waals surface area contributed by atoms with E-state index in [-0.39, 0.29) is 13.2 Å². The van der Waals surface area contributed by atoms with Crippen LogP contribution >= 0.6 is 0 Å². The summed E-state index contributed by atoms with van der Waals surface area (Å²) in [6.07, 6.45) is -0.939. The minimum absolute atomic E-state index is 0.0331. The monoisotopic (exact) mass is 271 g/mol. The molecule has 0 saturated carbocycles. The zero-order valence-corrected chi connectivity index (χ0v) is 11.5. The molecule has 1 rings (SSSR count). The largest absolute Gasteiger partial charge is 0.493 e. The molecular formula is C13H21NO5. The van der Waals surface area contributed by atoms with E-state index in [4.69, 9.17) is 19.3 Å². The van der Waals surface area contributed by atoms with Crippen molar-refractivity contribution in [3.63, 3.8) is 0 Å². The molecule has 0 radical (unpaired) electrons. The van der Waals surface area contributed by atoms with Crippen LogP contribution in [0.4, 0.5) is 0 Å². The van der Waals surface area contributed by atoms with Crippen LogP contribution in [-0.4, -0.2) is 50.8 Å². The number of hydrogen-bond donors (Lipinski definition) is 3. The lowest BCUT2D eigenvalue weighted by atomic mass is 10.2. The first kappa shape index (κ1) is 15.6. The molecule has 0 aromatic heterocycles. The van der Waals surface area contributed by atoms with Crippen molar-refractivity contribution in [1.82, 2.24) is 5.32 Å². The van der Waals surface area contributed by atoms with Crippen molar-refractivity contribution in [2.45, 2.75) is 12.6 Å². The number of aliphatic hydroxyl groups is 2. The van der Waals surface area contributed by atoms with E-state index in [9.17, 15) is 5.11 Å². The van der Waals surface area contributed by atoms with Gasteiger partial charge in [0.1, 0.15) is 12.7 Å².